The number of ether oxygens (including phenoxy) is 1. The van der Waals surface area contributed by atoms with E-state index < -0.39 is 36.5 Å². The highest BCUT2D eigenvalue weighted by Gasteiger charge is 2.30. The van der Waals surface area contributed by atoms with Gasteiger partial charge >= 0.3 is 5.97 Å². The number of aliphatic hydroxyl groups is 4. The van der Waals surface area contributed by atoms with Gasteiger partial charge in [0.1, 0.15) is 6.10 Å². The van der Waals surface area contributed by atoms with Crippen LogP contribution in [-0.4, -0.2) is 56.9 Å². The summed E-state index contributed by atoms with van der Waals surface area (Å²) in [5.74, 6) is -0.602. The molecule has 0 aromatic heterocycles. The zero-order valence-corrected chi connectivity index (χ0v) is 12.4. The lowest BCUT2D eigenvalue weighted by molar-refractivity contribution is -0.163. The molecule has 6 heteroatoms. The van der Waals surface area contributed by atoms with E-state index in [0.29, 0.717) is 6.42 Å². The van der Waals surface area contributed by atoms with Gasteiger partial charge in [0.25, 0.3) is 0 Å². The van der Waals surface area contributed by atoms with E-state index in [1.165, 1.54) is 12.2 Å². The number of rotatable bonds is 5. The van der Waals surface area contributed by atoms with Crippen LogP contribution in [0, 0.1) is 0 Å². The molecule has 0 saturated carbocycles. The SMILES string of the molecule is CCCCCC(O)C1OC(=O)CCC(O)C(O)/C=C\C1O. The van der Waals surface area contributed by atoms with Crippen molar-refractivity contribution in [3.63, 3.8) is 0 Å². The van der Waals surface area contributed by atoms with Crippen molar-refractivity contribution in [3.05, 3.63) is 12.2 Å². The van der Waals surface area contributed by atoms with Crippen molar-refractivity contribution in [3.8, 4) is 0 Å². The van der Waals surface area contributed by atoms with Crippen LogP contribution < -0.4 is 0 Å². The molecular weight excluding hydrogens is 276 g/mol. The molecule has 122 valence electrons. The second-order valence-corrected chi connectivity index (χ2v) is 5.49. The highest BCUT2D eigenvalue weighted by Crippen LogP contribution is 2.17. The largest absolute Gasteiger partial charge is 0.456 e. The highest BCUT2D eigenvalue weighted by atomic mass is 16.6. The third-order valence-electron chi connectivity index (χ3n) is 3.63. The molecule has 1 rings (SSSR count). The van der Waals surface area contributed by atoms with Gasteiger partial charge in [-0.1, -0.05) is 38.3 Å². The minimum atomic E-state index is -1.22. The zero-order valence-electron chi connectivity index (χ0n) is 12.4. The third-order valence-corrected chi connectivity index (χ3v) is 3.63. The summed E-state index contributed by atoms with van der Waals surface area (Å²) in [5, 5.41) is 39.3. The summed E-state index contributed by atoms with van der Waals surface area (Å²) in [4.78, 5) is 11.7. The zero-order chi connectivity index (χ0) is 15.8. The number of hydrogen-bond donors (Lipinski definition) is 4. The Morgan fingerprint density at radius 1 is 1.24 bits per heavy atom. The van der Waals surface area contributed by atoms with Crippen LogP contribution in [0.5, 0.6) is 0 Å². The number of esters is 1. The van der Waals surface area contributed by atoms with E-state index in [-0.39, 0.29) is 12.8 Å². The van der Waals surface area contributed by atoms with Crippen molar-refractivity contribution in [2.75, 3.05) is 0 Å². The Morgan fingerprint density at radius 3 is 2.57 bits per heavy atom. The van der Waals surface area contributed by atoms with Gasteiger partial charge in [0, 0.05) is 6.42 Å². The molecule has 21 heavy (non-hydrogen) atoms. The average molecular weight is 302 g/mol. The second-order valence-electron chi connectivity index (χ2n) is 5.49. The van der Waals surface area contributed by atoms with Gasteiger partial charge in [-0.15, -0.1) is 0 Å². The topological polar surface area (TPSA) is 107 Å². The molecule has 0 aromatic carbocycles. The summed E-state index contributed by atoms with van der Waals surface area (Å²) in [7, 11) is 0. The summed E-state index contributed by atoms with van der Waals surface area (Å²) in [6.45, 7) is 2.04. The number of hydrogen-bond acceptors (Lipinski definition) is 6. The lowest BCUT2D eigenvalue weighted by atomic mass is 9.99. The molecule has 0 aromatic rings. The Kier molecular flexibility index (Phi) is 7.88. The maximum absolute atomic E-state index is 11.7. The molecule has 0 spiro atoms. The predicted octanol–water partition coefficient (Wildman–Crippen LogP) is 0.272. The maximum atomic E-state index is 11.7. The maximum Gasteiger partial charge on any atom is 0.306 e. The van der Waals surface area contributed by atoms with Gasteiger partial charge in [-0.05, 0) is 12.8 Å². The van der Waals surface area contributed by atoms with Gasteiger partial charge in [-0.2, -0.15) is 0 Å². The monoisotopic (exact) mass is 302 g/mol. The van der Waals surface area contributed by atoms with Crippen LogP contribution in [0.3, 0.4) is 0 Å². The van der Waals surface area contributed by atoms with E-state index >= 15 is 0 Å². The van der Waals surface area contributed by atoms with Gasteiger partial charge in [0.2, 0.25) is 0 Å². The molecule has 0 fully saturated rings. The Balaban J connectivity index is 2.74. The first-order valence-electron chi connectivity index (χ1n) is 7.55. The standard InChI is InChI=1S/C15H26O6/c1-2-3-4-5-12(18)15-13(19)7-6-10(16)11(17)8-9-14(20)21-15/h6-7,10-13,15-19H,2-5,8-9H2,1H3/b7-6-. The third kappa shape index (κ3) is 6.13. The fourth-order valence-corrected chi connectivity index (χ4v) is 2.26. The molecule has 0 aliphatic carbocycles. The van der Waals surface area contributed by atoms with Crippen molar-refractivity contribution in [2.45, 2.75) is 76.0 Å². The van der Waals surface area contributed by atoms with E-state index in [9.17, 15) is 25.2 Å². The average Bonchev–Trinajstić information content (AvgIpc) is 2.46. The van der Waals surface area contributed by atoms with Gasteiger partial charge in [0.05, 0.1) is 18.3 Å². The lowest BCUT2D eigenvalue weighted by Gasteiger charge is -2.27. The molecule has 1 heterocycles. The molecule has 1 aliphatic heterocycles. The Morgan fingerprint density at radius 2 is 1.90 bits per heavy atom. The predicted molar refractivity (Wildman–Crippen MR) is 76.4 cm³/mol. The van der Waals surface area contributed by atoms with Crippen molar-refractivity contribution in [1.29, 1.82) is 0 Å². The van der Waals surface area contributed by atoms with Crippen molar-refractivity contribution in [2.24, 2.45) is 0 Å². The van der Waals surface area contributed by atoms with Crippen LogP contribution in [0.25, 0.3) is 0 Å². The first kappa shape index (κ1) is 18.1. The van der Waals surface area contributed by atoms with Crippen molar-refractivity contribution >= 4 is 5.97 Å². The molecule has 5 atom stereocenters. The number of carbonyl (C=O) groups excluding carboxylic acids is 1. The Hall–Kier alpha value is -0.950. The molecule has 0 saturated heterocycles. The van der Waals surface area contributed by atoms with E-state index in [1.807, 2.05) is 6.92 Å². The second kappa shape index (κ2) is 9.15. The number of cyclic esters (lactones) is 1. The van der Waals surface area contributed by atoms with E-state index in [0.717, 1.165) is 19.3 Å². The van der Waals surface area contributed by atoms with Gasteiger partial charge in [-0.3, -0.25) is 4.79 Å². The fourth-order valence-electron chi connectivity index (χ4n) is 2.26. The molecule has 4 N–H and O–H groups in total. The quantitative estimate of drug-likeness (QED) is 0.330. The van der Waals surface area contributed by atoms with E-state index in [1.54, 1.807) is 0 Å². The van der Waals surface area contributed by atoms with Crippen LogP contribution in [-0.2, 0) is 9.53 Å². The van der Waals surface area contributed by atoms with Crippen LogP contribution in [0.2, 0.25) is 0 Å². The molecule has 5 unspecified atom stereocenters. The van der Waals surface area contributed by atoms with Gasteiger partial charge in [0.15, 0.2) is 6.10 Å². The number of aliphatic hydroxyl groups excluding tert-OH is 4. The molecule has 0 amide bonds. The summed E-state index contributed by atoms with van der Waals surface area (Å²) in [5.41, 5.74) is 0. The number of carbonyl (C=O) groups is 1. The molecule has 6 nitrogen and oxygen atoms in total. The van der Waals surface area contributed by atoms with Crippen LogP contribution in [0.4, 0.5) is 0 Å². The number of unbranched alkanes of at least 4 members (excludes halogenated alkanes) is 2. The van der Waals surface area contributed by atoms with Crippen molar-refractivity contribution in [1.82, 2.24) is 0 Å². The summed E-state index contributed by atoms with van der Waals surface area (Å²) in [6, 6.07) is 0. The van der Waals surface area contributed by atoms with Crippen molar-refractivity contribution < 1.29 is 30.0 Å². The Bertz CT molecular complexity index is 343. The summed E-state index contributed by atoms with van der Waals surface area (Å²) >= 11 is 0. The highest BCUT2D eigenvalue weighted by molar-refractivity contribution is 5.69. The van der Waals surface area contributed by atoms with E-state index in [4.69, 9.17) is 4.74 Å². The lowest BCUT2D eigenvalue weighted by Crippen LogP contribution is -2.41. The minimum absolute atomic E-state index is 0.0685. The van der Waals surface area contributed by atoms with Crippen LogP contribution >= 0.6 is 0 Å². The smallest absolute Gasteiger partial charge is 0.306 e. The summed E-state index contributed by atoms with van der Waals surface area (Å²) < 4.78 is 5.13. The minimum Gasteiger partial charge on any atom is -0.456 e. The molecule has 0 radical (unpaired) electrons. The first-order chi connectivity index (χ1) is 9.95. The Labute approximate surface area is 125 Å². The normalized spacial score (nSPS) is 34.0. The fraction of sp³-hybridized carbons (Fsp3) is 0.800. The molecular formula is C15H26O6. The van der Waals surface area contributed by atoms with Crippen LogP contribution in [0.15, 0.2) is 12.2 Å². The molecule has 0 bridgehead atoms. The molecule has 1 aliphatic rings. The van der Waals surface area contributed by atoms with Crippen LogP contribution in [0.1, 0.15) is 45.4 Å². The van der Waals surface area contributed by atoms with Gasteiger partial charge < -0.3 is 25.2 Å². The van der Waals surface area contributed by atoms with E-state index in [2.05, 4.69) is 0 Å². The van der Waals surface area contributed by atoms with Gasteiger partial charge in [-0.25, -0.2) is 0 Å². The first-order valence-corrected chi connectivity index (χ1v) is 7.55. The summed E-state index contributed by atoms with van der Waals surface area (Å²) in [6.07, 6.45) is 0.232.